The molecule has 0 saturated heterocycles. The number of hydrogen-bond acceptors (Lipinski definition) is 2. The Morgan fingerprint density at radius 2 is 2.00 bits per heavy atom. The van der Waals surface area contributed by atoms with Gasteiger partial charge in [0.05, 0.1) is 7.11 Å². The fourth-order valence-electron chi connectivity index (χ4n) is 3.16. The van der Waals surface area contributed by atoms with Gasteiger partial charge in [-0.3, -0.25) is 0 Å². The largest absolute Gasteiger partial charge is 0.496 e. The van der Waals surface area contributed by atoms with Crippen molar-refractivity contribution in [2.45, 2.75) is 39.0 Å². The molecule has 0 bridgehead atoms. The van der Waals surface area contributed by atoms with Crippen LogP contribution in [0.1, 0.15) is 41.9 Å². The lowest BCUT2D eigenvalue weighted by atomic mass is 9.85. The molecule has 1 saturated carbocycles. The van der Waals surface area contributed by atoms with Gasteiger partial charge in [0.1, 0.15) is 5.75 Å². The maximum atomic E-state index is 5.88. The molecule has 17 heavy (non-hydrogen) atoms. The molecule has 0 heterocycles. The van der Waals surface area contributed by atoms with Crippen LogP contribution >= 0.6 is 0 Å². The van der Waals surface area contributed by atoms with E-state index in [-0.39, 0.29) is 0 Å². The number of benzene rings is 1. The summed E-state index contributed by atoms with van der Waals surface area (Å²) in [6.07, 6.45) is 3.89. The molecule has 1 aliphatic carbocycles. The van der Waals surface area contributed by atoms with Gasteiger partial charge in [0, 0.05) is 0 Å². The van der Waals surface area contributed by atoms with Gasteiger partial charge >= 0.3 is 0 Å². The lowest BCUT2D eigenvalue weighted by molar-refractivity contribution is 0.410. The Bertz CT molecular complexity index is 400. The van der Waals surface area contributed by atoms with Gasteiger partial charge in [-0.1, -0.05) is 12.5 Å². The lowest BCUT2D eigenvalue weighted by Gasteiger charge is -2.21. The van der Waals surface area contributed by atoms with Gasteiger partial charge in [-0.2, -0.15) is 0 Å². The van der Waals surface area contributed by atoms with E-state index in [9.17, 15) is 0 Å². The minimum atomic E-state index is 0.657. The Hall–Kier alpha value is -1.02. The molecule has 2 atom stereocenters. The molecule has 0 radical (unpaired) electrons. The molecule has 1 aliphatic rings. The van der Waals surface area contributed by atoms with Crippen LogP contribution in [-0.2, 0) is 0 Å². The quantitative estimate of drug-likeness (QED) is 0.870. The summed E-state index contributed by atoms with van der Waals surface area (Å²) in [5.41, 5.74) is 9.94. The van der Waals surface area contributed by atoms with Crippen LogP contribution < -0.4 is 10.5 Å². The molecule has 2 nitrogen and oxygen atoms in total. The van der Waals surface area contributed by atoms with E-state index in [1.807, 2.05) is 0 Å². The van der Waals surface area contributed by atoms with Crippen LogP contribution in [0.15, 0.2) is 12.1 Å². The summed E-state index contributed by atoms with van der Waals surface area (Å²) < 4.78 is 5.37. The Kier molecular flexibility index (Phi) is 3.72. The van der Waals surface area contributed by atoms with Crippen LogP contribution in [0.3, 0.4) is 0 Å². The van der Waals surface area contributed by atoms with Gasteiger partial charge in [-0.25, -0.2) is 0 Å². The van der Waals surface area contributed by atoms with Gasteiger partial charge in [0.25, 0.3) is 0 Å². The molecule has 0 spiro atoms. The summed E-state index contributed by atoms with van der Waals surface area (Å²) in [6, 6.07) is 4.46. The molecule has 0 aromatic heterocycles. The van der Waals surface area contributed by atoms with Crippen molar-refractivity contribution in [2.75, 3.05) is 13.7 Å². The Labute approximate surface area is 104 Å². The van der Waals surface area contributed by atoms with Crippen molar-refractivity contribution < 1.29 is 4.74 Å². The summed E-state index contributed by atoms with van der Waals surface area (Å²) >= 11 is 0. The highest BCUT2D eigenvalue weighted by Gasteiger charge is 2.28. The minimum Gasteiger partial charge on any atom is -0.496 e. The van der Waals surface area contributed by atoms with Crippen LogP contribution in [0, 0.1) is 19.8 Å². The topological polar surface area (TPSA) is 35.2 Å². The maximum absolute atomic E-state index is 5.88. The smallest absolute Gasteiger partial charge is 0.122 e. The van der Waals surface area contributed by atoms with Gasteiger partial charge in [0.2, 0.25) is 0 Å². The first-order chi connectivity index (χ1) is 8.17. The summed E-state index contributed by atoms with van der Waals surface area (Å²) in [6.45, 7) is 5.12. The molecule has 1 aromatic carbocycles. The zero-order valence-corrected chi connectivity index (χ0v) is 11.1. The van der Waals surface area contributed by atoms with Crippen LogP contribution in [0.4, 0.5) is 0 Å². The zero-order valence-electron chi connectivity index (χ0n) is 11.1. The van der Waals surface area contributed by atoms with E-state index in [1.165, 1.54) is 36.0 Å². The van der Waals surface area contributed by atoms with Crippen molar-refractivity contribution in [3.63, 3.8) is 0 Å². The predicted molar refractivity (Wildman–Crippen MR) is 71.6 cm³/mol. The third-order valence-corrected chi connectivity index (χ3v) is 4.14. The van der Waals surface area contributed by atoms with Crippen molar-refractivity contribution in [2.24, 2.45) is 11.7 Å². The molecule has 2 heteroatoms. The lowest BCUT2D eigenvalue weighted by Crippen LogP contribution is -2.18. The van der Waals surface area contributed by atoms with Crippen LogP contribution in [0.2, 0.25) is 0 Å². The highest BCUT2D eigenvalue weighted by atomic mass is 16.5. The van der Waals surface area contributed by atoms with Crippen LogP contribution in [-0.4, -0.2) is 13.7 Å². The molecule has 0 amide bonds. The predicted octanol–water partition coefficient (Wildman–Crippen LogP) is 3.15. The third kappa shape index (κ3) is 2.32. The van der Waals surface area contributed by atoms with Crippen LogP contribution in [0.25, 0.3) is 0 Å². The SMILES string of the molecule is COc1cc(C)c(C2CCCC2CN)cc1C. The third-order valence-electron chi connectivity index (χ3n) is 4.14. The van der Waals surface area contributed by atoms with Gasteiger partial charge in [-0.05, 0) is 67.8 Å². The Balaban J connectivity index is 2.35. The number of hydrogen-bond donors (Lipinski definition) is 1. The van der Waals surface area contributed by atoms with Crippen molar-refractivity contribution in [3.05, 3.63) is 28.8 Å². The van der Waals surface area contributed by atoms with Crippen molar-refractivity contribution >= 4 is 0 Å². The fourth-order valence-corrected chi connectivity index (χ4v) is 3.16. The fraction of sp³-hybridized carbons (Fsp3) is 0.600. The standard InChI is InChI=1S/C15H23NO/c1-10-8-15(17-3)11(2)7-14(10)13-6-4-5-12(13)9-16/h7-8,12-13H,4-6,9,16H2,1-3H3. The molecular weight excluding hydrogens is 210 g/mol. The summed E-state index contributed by atoms with van der Waals surface area (Å²) in [5, 5.41) is 0. The normalized spacial score (nSPS) is 24.0. The van der Waals surface area contributed by atoms with E-state index in [2.05, 4.69) is 26.0 Å². The number of aryl methyl sites for hydroxylation is 2. The number of rotatable bonds is 3. The molecule has 94 valence electrons. The second-order valence-corrected chi connectivity index (χ2v) is 5.21. The summed E-state index contributed by atoms with van der Waals surface area (Å²) in [4.78, 5) is 0. The van der Waals surface area contributed by atoms with E-state index < -0.39 is 0 Å². The van der Waals surface area contributed by atoms with Crippen molar-refractivity contribution in [1.29, 1.82) is 0 Å². The molecule has 0 aliphatic heterocycles. The van der Waals surface area contributed by atoms with E-state index in [4.69, 9.17) is 10.5 Å². The molecule has 1 fully saturated rings. The van der Waals surface area contributed by atoms with E-state index >= 15 is 0 Å². The molecule has 2 unspecified atom stereocenters. The van der Waals surface area contributed by atoms with Crippen LogP contribution in [0.5, 0.6) is 5.75 Å². The maximum Gasteiger partial charge on any atom is 0.122 e. The first-order valence-corrected chi connectivity index (χ1v) is 6.52. The second kappa shape index (κ2) is 5.09. The van der Waals surface area contributed by atoms with E-state index in [0.29, 0.717) is 11.8 Å². The average Bonchev–Trinajstić information content (AvgIpc) is 2.79. The van der Waals surface area contributed by atoms with Crippen molar-refractivity contribution in [1.82, 2.24) is 0 Å². The first kappa shape index (κ1) is 12.4. The van der Waals surface area contributed by atoms with Gasteiger partial charge < -0.3 is 10.5 Å². The van der Waals surface area contributed by atoms with E-state index in [0.717, 1.165) is 12.3 Å². The molecular formula is C15H23NO. The van der Waals surface area contributed by atoms with Gasteiger partial charge in [-0.15, -0.1) is 0 Å². The average molecular weight is 233 g/mol. The number of ether oxygens (including phenoxy) is 1. The number of methoxy groups -OCH3 is 1. The van der Waals surface area contributed by atoms with E-state index in [1.54, 1.807) is 7.11 Å². The molecule has 2 rings (SSSR count). The monoisotopic (exact) mass is 233 g/mol. The summed E-state index contributed by atoms with van der Waals surface area (Å²) in [5.74, 6) is 2.32. The Morgan fingerprint density at radius 1 is 1.24 bits per heavy atom. The highest BCUT2D eigenvalue weighted by Crippen LogP contribution is 2.41. The van der Waals surface area contributed by atoms with Crippen molar-refractivity contribution in [3.8, 4) is 5.75 Å². The second-order valence-electron chi connectivity index (χ2n) is 5.21. The molecule has 2 N–H and O–H groups in total. The zero-order chi connectivity index (χ0) is 12.4. The first-order valence-electron chi connectivity index (χ1n) is 6.52. The van der Waals surface area contributed by atoms with Gasteiger partial charge in [0.15, 0.2) is 0 Å². The summed E-state index contributed by atoms with van der Waals surface area (Å²) in [7, 11) is 1.74. The molecule has 1 aromatic rings. The Morgan fingerprint density at radius 3 is 2.65 bits per heavy atom. The number of nitrogens with two attached hydrogens (primary N) is 1. The minimum absolute atomic E-state index is 0.657. The highest BCUT2D eigenvalue weighted by molar-refractivity contribution is 5.43.